The molecule has 0 spiro atoms. The lowest BCUT2D eigenvalue weighted by molar-refractivity contribution is -0.133. The lowest BCUT2D eigenvalue weighted by Crippen LogP contribution is -2.54. The van der Waals surface area contributed by atoms with Crippen molar-refractivity contribution < 1.29 is 29.6 Å². The molecule has 0 saturated heterocycles. The Morgan fingerprint density at radius 2 is 1.50 bits per heavy atom. The number of aliphatic hydroxyl groups is 1. The van der Waals surface area contributed by atoms with E-state index in [0.29, 0.717) is 0 Å². The third kappa shape index (κ3) is 4.54. The summed E-state index contributed by atoms with van der Waals surface area (Å²) >= 11 is 0. The van der Waals surface area contributed by atoms with Gasteiger partial charge in [0.1, 0.15) is 28.9 Å². The molecule has 0 aromatic heterocycles. The Labute approximate surface area is 201 Å². The van der Waals surface area contributed by atoms with E-state index in [1.165, 1.54) is 12.1 Å². The third-order valence-electron chi connectivity index (χ3n) is 6.53. The number of phenolic OH excluding ortho intramolecular Hbond substituents is 2. The fourth-order valence-electron chi connectivity index (χ4n) is 4.65. The molecule has 1 aliphatic carbocycles. The molecule has 0 bridgehead atoms. The lowest BCUT2D eigenvalue weighted by Gasteiger charge is -2.45. The first-order valence-electron chi connectivity index (χ1n) is 11.5. The van der Waals surface area contributed by atoms with E-state index < -0.39 is 34.8 Å². The molecule has 3 rings (SSSR count). The van der Waals surface area contributed by atoms with Gasteiger partial charge in [0, 0.05) is 17.7 Å². The number of carbonyl (C=O) groups is 2. The van der Waals surface area contributed by atoms with Gasteiger partial charge in [-0.05, 0) is 60.8 Å². The van der Waals surface area contributed by atoms with E-state index in [4.69, 9.17) is 4.74 Å². The predicted octanol–water partition coefficient (Wildman–Crippen LogP) is 5.89. The van der Waals surface area contributed by atoms with Crippen LogP contribution < -0.4 is 4.74 Å². The van der Waals surface area contributed by atoms with Crippen LogP contribution in [0.25, 0.3) is 0 Å². The van der Waals surface area contributed by atoms with E-state index in [1.54, 1.807) is 0 Å². The highest BCUT2D eigenvalue weighted by Gasteiger charge is 2.58. The number of carbonyl (C=O) groups excluding carboxylic acids is 2. The van der Waals surface area contributed by atoms with Crippen LogP contribution in [0.2, 0.25) is 0 Å². The number of hydrogen-bond acceptors (Lipinski definition) is 6. The average Bonchev–Trinajstić information content (AvgIpc) is 2.72. The standard InChI is InChI=1S/C28H34O6/c1-15(2)7-8-18-19(29)13-21-23(25(18)31)26(32)24-22(34-21)14-20(30)27(33)28(24,11-9-16(3)4)12-10-17(5)6/h7,9-10,13-14,22,24,29-31H,8,11-12H2,1-6H3/t22-,24-/m1/s1. The van der Waals surface area contributed by atoms with Crippen LogP contribution in [-0.2, 0) is 11.2 Å². The van der Waals surface area contributed by atoms with Crippen molar-refractivity contribution >= 4 is 11.6 Å². The third-order valence-corrected chi connectivity index (χ3v) is 6.53. The zero-order chi connectivity index (χ0) is 25.4. The maximum Gasteiger partial charge on any atom is 0.204 e. The minimum atomic E-state index is -1.27. The number of fused-ring (bicyclic) bond motifs is 2. The molecule has 6 heteroatoms. The molecule has 34 heavy (non-hydrogen) atoms. The quantitative estimate of drug-likeness (QED) is 0.452. The monoisotopic (exact) mass is 466 g/mol. The van der Waals surface area contributed by atoms with E-state index in [2.05, 4.69) is 0 Å². The smallest absolute Gasteiger partial charge is 0.204 e. The van der Waals surface area contributed by atoms with Gasteiger partial charge in [0.2, 0.25) is 5.78 Å². The van der Waals surface area contributed by atoms with Gasteiger partial charge in [0.15, 0.2) is 11.5 Å². The molecule has 0 amide bonds. The van der Waals surface area contributed by atoms with Crippen molar-refractivity contribution in [2.45, 2.75) is 66.9 Å². The van der Waals surface area contributed by atoms with Crippen molar-refractivity contribution in [1.82, 2.24) is 0 Å². The molecule has 182 valence electrons. The number of aliphatic hydroxyl groups excluding tert-OH is 1. The molecule has 2 aliphatic rings. The summed E-state index contributed by atoms with van der Waals surface area (Å²) in [5.41, 5.74) is 1.90. The molecule has 1 aliphatic heterocycles. The number of rotatable bonds is 6. The van der Waals surface area contributed by atoms with Gasteiger partial charge in [-0.3, -0.25) is 9.59 Å². The Kier molecular flexibility index (Phi) is 7.10. The van der Waals surface area contributed by atoms with Gasteiger partial charge in [0.25, 0.3) is 0 Å². The van der Waals surface area contributed by atoms with Gasteiger partial charge in [-0.1, -0.05) is 34.9 Å². The van der Waals surface area contributed by atoms with E-state index in [0.717, 1.165) is 16.7 Å². The fraction of sp³-hybridized carbons (Fsp3) is 0.429. The summed E-state index contributed by atoms with van der Waals surface area (Å²) in [6.45, 7) is 11.4. The average molecular weight is 467 g/mol. The van der Waals surface area contributed by atoms with E-state index >= 15 is 0 Å². The molecule has 1 heterocycles. The Balaban J connectivity index is 2.24. The Hall–Kier alpha value is -3.28. The topological polar surface area (TPSA) is 104 Å². The molecule has 6 nitrogen and oxygen atoms in total. The van der Waals surface area contributed by atoms with Crippen LogP contribution in [0.5, 0.6) is 17.2 Å². The first kappa shape index (κ1) is 25.3. The SMILES string of the molecule is CC(C)=CCc1c(O)cc2c(c1O)C(=O)[C@H]1[C@@H](C=C(O)C(=O)C1(CC=C(C)C)CC=C(C)C)O2. The van der Waals surface area contributed by atoms with Crippen molar-refractivity contribution in [2.75, 3.05) is 0 Å². The molecule has 0 saturated carbocycles. The van der Waals surface area contributed by atoms with Crippen molar-refractivity contribution in [2.24, 2.45) is 11.3 Å². The molecule has 2 atom stereocenters. The lowest BCUT2D eigenvalue weighted by atomic mass is 9.59. The van der Waals surface area contributed by atoms with Crippen molar-refractivity contribution in [3.8, 4) is 17.2 Å². The van der Waals surface area contributed by atoms with Gasteiger partial charge in [-0.15, -0.1) is 0 Å². The van der Waals surface area contributed by atoms with Gasteiger partial charge in [0.05, 0.1) is 11.3 Å². The zero-order valence-corrected chi connectivity index (χ0v) is 20.7. The summed E-state index contributed by atoms with van der Waals surface area (Å²) in [5, 5.41) is 32.1. The minimum absolute atomic E-state index is 0.0300. The molecule has 1 aromatic rings. The normalized spacial score (nSPS) is 20.4. The van der Waals surface area contributed by atoms with Crippen LogP contribution >= 0.6 is 0 Å². The second-order valence-electron chi connectivity index (χ2n) is 10.0. The number of allylic oxidation sites excluding steroid dienone is 7. The molecular weight excluding hydrogens is 432 g/mol. The maximum absolute atomic E-state index is 14.0. The van der Waals surface area contributed by atoms with Crippen LogP contribution in [0.15, 0.2) is 52.8 Å². The van der Waals surface area contributed by atoms with Crippen LogP contribution in [0.3, 0.4) is 0 Å². The number of ether oxygens (including phenoxy) is 1. The maximum atomic E-state index is 14.0. The van der Waals surface area contributed by atoms with Crippen molar-refractivity contribution in [1.29, 1.82) is 0 Å². The molecular formula is C28H34O6. The van der Waals surface area contributed by atoms with E-state index in [9.17, 15) is 24.9 Å². The highest BCUT2D eigenvalue weighted by molar-refractivity contribution is 6.11. The van der Waals surface area contributed by atoms with Crippen LogP contribution in [0.4, 0.5) is 0 Å². The van der Waals surface area contributed by atoms with Crippen LogP contribution in [0.1, 0.15) is 70.3 Å². The van der Waals surface area contributed by atoms with Gasteiger partial charge < -0.3 is 20.1 Å². The van der Waals surface area contributed by atoms with Gasteiger partial charge in [-0.25, -0.2) is 0 Å². The zero-order valence-electron chi connectivity index (χ0n) is 20.7. The Bertz CT molecular complexity index is 1120. The van der Waals surface area contributed by atoms with Crippen LogP contribution in [0, 0.1) is 11.3 Å². The molecule has 0 fully saturated rings. The summed E-state index contributed by atoms with van der Waals surface area (Å²) in [7, 11) is 0. The fourth-order valence-corrected chi connectivity index (χ4v) is 4.65. The second kappa shape index (κ2) is 9.53. The van der Waals surface area contributed by atoms with Gasteiger partial charge >= 0.3 is 0 Å². The Morgan fingerprint density at radius 1 is 0.941 bits per heavy atom. The number of ketones is 2. The van der Waals surface area contributed by atoms with Crippen LogP contribution in [-0.4, -0.2) is 33.0 Å². The van der Waals surface area contributed by atoms with Crippen molar-refractivity contribution in [3.63, 3.8) is 0 Å². The van der Waals surface area contributed by atoms with Gasteiger partial charge in [-0.2, -0.15) is 0 Å². The first-order chi connectivity index (χ1) is 15.9. The first-order valence-corrected chi connectivity index (χ1v) is 11.5. The number of Topliss-reactive ketones (excluding diaryl/α,β-unsaturated/α-hetero) is 2. The number of phenols is 2. The van der Waals surface area contributed by atoms with E-state index in [-0.39, 0.29) is 47.6 Å². The predicted molar refractivity (Wildman–Crippen MR) is 131 cm³/mol. The summed E-state index contributed by atoms with van der Waals surface area (Å²) in [4.78, 5) is 27.5. The Morgan fingerprint density at radius 3 is 2.03 bits per heavy atom. The molecule has 1 aromatic carbocycles. The number of benzene rings is 1. The number of hydrogen-bond donors (Lipinski definition) is 3. The highest BCUT2D eigenvalue weighted by atomic mass is 16.5. The minimum Gasteiger partial charge on any atom is -0.507 e. The van der Waals surface area contributed by atoms with E-state index in [1.807, 2.05) is 59.8 Å². The summed E-state index contributed by atoms with van der Waals surface area (Å²) in [5.74, 6) is -2.78. The molecule has 0 unspecified atom stereocenters. The highest BCUT2D eigenvalue weighted by Crippen LogP contribution is 2.53. The summed E-state index contributed by atoms with van der Waals surface area (Å²) in [6, 6.07) is 1.33. The second-order valence-corrected chi connectivity index (χ2v) is 10.0. The van der Waals surface area contributed by atoms with Crippen molar-refractivity contribution in [3.05, 3.63) is 64.0 Å². The summed E-state index contributed by atoms with van der Waals surface area (Å²) < 4.78 is 6.05. The summed E-state index contributed by atoms with van der Waals surface area (Å²) in [6.07, 6.45) is 6.72. The molecule has 3 N–H and O–H groups in total. The largest absolute Gasteiger partial charge is 0.507 e. The molecule has 0 radical (unpaired) electrons. The number of aromatic hydroxyl groups is 2.